The fraction of sp³-hybridized carbons (Fsp3) is 0.778. The van der Waals surface area contributed by atoms with Crippen LogP contribution in [0.15, 0.2) is 0 Å². The summed E-state index contributed by atoms with van der Waals surface area (Å²) < 4.78 is 10.9. The van der Waals surface area contributed by atoms with Crippen molar-refractivity contribution in [2.24, 2.45) is 0 Å². The number of rotatable bonds is 2. The summed E-state index contributed by atoms with van der Waals surface area (Å²) in [6.07, 6.45) is 8.29. The van der Waals surface area contributed by atoms with Gasteiger partial charge in [0.25, 0.3) is 0 Å². The first-order valence-corrected chi connectivity index (χ1v) is 4.00. The molecule has 2 nitrogen and oxygen atoms in total. The average Bonchev–Trinajstić information content (AvgIpc) is 2.49. The minimum absolute atomic E-state index is 0. The van der Waals surface area contributed by atoms with Crippen LogP contribution in [-0.2, 0) is 9.47 Å². The molecule has 1 rings (SSSR count). The van der Waals surface area contributed by atoms with Crippen molar-refractivity contribution >= 4 is 0 Å². The van der Waals surface area contributed by atoms with E-state index < -0.39 is 5.79 Å². The predicted molar refractivity (Wildman–Crippen MR) is 41.3 cm³/mol. The van der Waals surface area contributed by atoms with Gasteiger partial charge in [-0.15, -0.1) is 0 Å². The molecule has 0 aromatic heterocycles. The molecule has 0 N–H and O–H groups in total. The van der Waals surface area contributed by atoms with E-state index in [1.165, 1.54) is 0 Å². The van der Waals surface area contributed by atoms with E-state index in [-0.39, 0.29) is 25.0 Å². The largest absolute Gasteiger partial charge is 1.00 e. The summed E-state index contributed by atoms with van der Waals surface area (Å²) in [5, 5.41) is 0. The second kappa shape index (κ2) is 4.95. The van der Waals surface area contributed by atoms with Gasteiger partial charge < -0.3 is 21.8 Å². The van der Waals surface area contributed by atoms with Crippen molar-refractivity contribution in [1.29, 1.82) is 0 Å². The third kappa shape index (κ3) is 2.28. The van der Waals surface area contributed by atoms with Crippen molar-refractivity contribution in [3.63, 3.8) is 0 Å². The van der Waals surface area contributed by atoms with Crippen molar-refractivity contribution in [2.45, 2.75) is 38.6 Å². The average molecular weight is 160 g/mol. The van der Waals surface area contributed by atoms with E-state index in [4.69, 9.17) is 15.9 Å². The van der Waals surface area contributed by atoms with Crippen LogP contribution in [0.1, 0.15) is 26.7 Å². The molecule has 0 aromatic rings. The molecule has 1 atom stereocenters. The smallest absolute Gasteiger partial charge is 0.691 e. The minimum Gasteiger partial charge on any atom is -0.691 e. The van der Waals surface area contributed by atoms with E-state index in [0.717, 1.165) is 12.8 Å². The summed E-state index contributed by atoms with van der Waals surface area (Å²) in [5.41, 5.74) is 0. The molecule has 0 amide bonds. The van der Waals surface area contributed by atoms with Crippen LogP contribution in [0.25, 0.3) is 0 Å². The first-order chi connectivity index (χ1) is 5.26. The summed E-state index contributed by atoms with van der Waals surface area (Å²) in [4.78, 5) is 0. The Balaban J connectivity index is 0.00000121. The Labute approximate surface area is 86.2 Å². The van der Waals surface area contributed by atoms with Gasteiger partial charge in [-0.25, -0.2) is 0 Å². The Morgan fingerprint density at radius 3 is 2.33 bits per heavy atom. The molecule has 0 saturated carbocycles. The van der Waals surface area contributed by atoms with Crippen LogP contribution in [-0.4, -0.2) is 18.5 Å². The second-order valence-corrected chi connectivity index (χ2v) is 2.68. The first kappa shape index (κ1) is 12.1. The van der Waals surface area contributed by atoms with E-state index in [2.05, 4.69) is 5.92 Å². The van der Waals surface area contributed by atoms with Crippen molar-refractivity contribution in [3.8, 4) is 5.92 Å². The van der Waals surface area contributed by atoms with Crippen molar-refractivity contribution in [1.82, 2.24) is 0 Å². The monoisotopic (exact) mass is 160 g/mol. The van der Waals surface area contributed by atoms with Crippen LogP contribution < -0.4 is 18.9 Å². The SMILES string of the molecule is [C-]#C[C@@H]1COC(CC)(CC)O1.[Li+]. The zero-order valence-corrected chi connectivity index (χ0v) is 8.02. The number of ether oxygens (including phenoxy) is 2. The summed E-state index contributed by atoms with van der Waals surface area (Å²) in [7, 11) is 0. The van der Waals surface area contributed by atoms with Crippen LogP contribution in [0, 0.1) is 12.3 Å². The van der Waals surface area contributed by atoms with Crippen LogP contribution in [0.5, 0.6) is 0 Å². The van der Waals surface area contributed by atoms with Gasteiger partial charge in [-0.05, 0) is 12.8 Å². The molecule has 0 aliphatic carbocycles. The van der Waals surface area contributed by atoms with Crippen molar-refractivity contribution in [3.05, 3.63) is 6.42 Å². The Morgan fingerprint density at radius 2 is 2.08 bits per heavy atom. The van der Waals surface area contributed by atoms with Crippen molar-refractivity contribution < 1.29 is 28.3 Å². The van der Waals surface area contributed by atoms with Gasteiger partial charge in [0.05, 0.1) is 6.61 Å². The van der Waals surface area contributed by atoms with Crippen LogP contribution >= 0.6 is 0 Å². The van der Waals surface area contributed by atoms with E-state index in [9.17, 15) is 0 Å². The standard InChI is InChI=1S/C9H13O2.Li/c1-4-8-7-10-9(5-2,6-3)11-8;/h8H,5-7H2,2-3H3;/q-1;+1/t8-;/m1./s1. The van der Waals surface area contributed by atoms with Crippen LogP contribution in [0.2, 0.25) is 0 Å². The van der Waals surface area contributed by atoms with Gasteiger partial charge in [0.15, 0.2) is 5.79 Å². The maximum Gasteiger partial charge on any atom is 1.00 e. The maximum atomic E-state index is 6.87. The van der Waals surface area contributed by atoms with Gasteiger partial charge in [0.1, 0.15) is 6.10 Å². The number of hydrogen-bond donors (Lipinski definition) is 0. The molecule has 0 aromatic carbocycles. The third-order valence-electron chi connectivity index (χ3n) is 2.09. The van der Waals surface area contributed by atoms with E-state index in [1.54, 1.807) is 0 Å². The Kier molecular flexibility index (Phi) is 4.98. The van der Waals surface area contributed by atoms with E-state index >= 15 is 0 Å². The molecule has 0 radical (unpaired) electrons. The van der Waals surface area contributed by atoms with Gasteiger partial charge in [0, 0.05) is 0 Å². The molecule has 1 heterocycles. The molecule has 3 heteroatoms. The normalized spacial score (nSPS) is 25.9. The molecule has 0 unspecified atom stereocenters. The second-order valence-electron chi connectivity index (χ2n) is 2.68. The van der Waals surface area contributed by atoms with E-state index in [0.29, 0.717) is 6.61 Å². The van der Waals surface area contributed by atoms with Crippen LogP contribution in [0.4, 0.5) is 0 Å². The molecule has 1 fully saturated rings. The van der Waals surface area contributed by atoms with Gasteiger partial charge in [-0.1, -0.05) is 13.8 Å². The van der Waals surface area contributed by atoms with Gasteiger partial charge >= 0.3 is 18.9 Å². The third-order valence-corrected chi connectivity index (χ3v) is 2.09. The van der Waals surface area contributed by atoms with Gasteiger partial charge in [0.2, 0.25) is 0 Å². The molecule has 0 bridgehead atoms. The molecule has 0 spiro atoms. The molecule has 1 saturated heterocycles. The summed E-state index contributed by atoms with van der Waals surface area (Å²) in [6.45, 7) is 4.52. The predicted octanol–water partition coefficient (Wildman–Crippen LogP) is -1.49. The van der Waals surface area contributed by atoms with Gasteiger partial charge in [-0.2, -0.15) is 0 Å². The minimum atomic E-state index is -0.432. The Bertz CT molecular complexity index is 170. The molecular weight excluding hydrogens is 147 g/mol. The van der Waals surface area contributed by atoms with Crippen LogP contribution in [0.3, 0.4) is 0 Å². The summed E-state index contributed by atoms with van der Waals surface area (Å²) in [5.74, 6) is 1.86. The van der Waals surface area contributed by atoms with Crippen molar-refractivity contribution in [2.75, 3.05) is 6.61 Å². The zero-order chi connectivity index (χ0) is 8.32. The Morgan fingerprint density at radius 1 is 1.50 bits per heavy atom. The Hall–Kier alpha value is 0.0774. The first-order valence-electron chi connectivity index (χ1n) is 4.00. The molecule has 1 aliphatic heterocycles. The van der Waals surface area contributed by atoms with E-state index in [1.807, 2.05) is 13.8 Å². The number of hydrogen-bond acceptors (Lipinski definition) is 2. The molecule has 12 heavy (non-hydrogen) atoms. The summed E-state index contributed by atoms with van der Waals surface area (Å²) >= 11 is 0. The van der Waals surface area contributed by atoms with Gasteiger partial charge in [-0.3, -0.25) is 0 Å². The topological polar surface area (TPSA) is 18.5 Å². The maximum absolute atomic E-state index is 6.87. The zero-order valence-electron chi connectivity index (χ0n) is 8.02. The molecular formula is C9H13LiO2. The fourth-order valence-corrected chi connectivity index (χ4v) is 1.25. The molecule has 1 aliphatic rings. The summed E-state index contributed by atoms with van der Waals surface area (Å²) in [6, 6.07) is 0. The fourth-order valence-electron chi connectivity index (χ4n) is 1.25. The quantitative estimate of drug-likeness (QED) is 0.278. The molecule has 62 valence electrons.